The van der Waals surface area contributed by atoms with Crippen molar-refractivity contribution < 1.29 is 18.3 Å². The standard InChI is InChI=1S/C13H16BrNO4S/c1-9-5-4-7-11(12(9)14)20(18,19)15-8-3-2-6-10(15)13(16)17/h4-5,7,10H,2-3,6,8H2,1H3,(H,16,17). The Hall–Kier alpha value is -0.920. The molecule has 1 saturated heterocycles. The summed E-state index contributed by atoms with van der Waals surface area (Å²) in [5, 5.41) is 9.22. The lowest BCUT2D eigenvalue weighted by Crippen LogP contribution is -2.47. The van der Waals surface area contributed by atoms with Crippen molar-refractivity contribution in [1.29, 1.82) is 0 Å². The molecule has 1 fully saturated rings. The maximum Gasteiger partial charge on any atom is 0.322 e. The maximum absolute atomic E-state index is 12.7. The summed E-state index contributed by atoms with van der Waals surface area (Å²) >= 11 is 3.29. The molecule has 5 nitrogen and oxygen atoms in total. The first kappa shape index (κ1) is 15.5. The number of carbonyl (C=O) groups is 1. The van der Waals surface area contributed by atoms with E-state index in [1.54, 1.807) is 19.1 Å². The normalized spacial score (nSPS) is 20.8. The number of sulfonamides is 1. The molecule has 1 aliphatic heterocycles. The number of hydrogen-bond donors (Lipinski definition) is 1. The van der Waals surface area contributed by atoms with Gasteiger partial charge in [0.1, 0.15) is 6.04 Å². The Labute approximate surface area is 126 Å². The molecule has 1 aromatic carbocycles. The minimum atomic E-state index is -3.80. The van der Waals surface area contributed by atoms with E-state index < -0.39 is 22.0 Å². The van der Waals surface area contributed by atoms with Crippen LogP contribution in [0.5, 0.6) is 0 Å². The average Bonchev–Trinajstić information content (AvgIpc) is 2.41. The topological polar surface area (TPSA) is 74.7 Å². The van der Waals surface area contributed by atoms with Crippen molar-refractivity contribution in [3.05, 3.63) is 28.2 Å². The molecule has 0 aliphatic carbocycles. The maximum atomic E-state index is 12.7. The van der Waals surface area contributed by atoms with E-state index in [1.165, 1.54) is 6.07 Å². The molecule has 1 N–H and O–H groups in total. The first-order valence-corrected chi connectivity index (χ1v) is 8.59. The van der Waals surface area contributed by atoms with Crippen LogP contribution < -0.4 is 0 Å². The van der Waals surface area contributed by atoms with Crippen molar-refractivity contribution in [1.82, 2.24) is 4.31 Å². The molecule has 0 saturated carbocycles. The van der Waals surface area contributed by atoms with Gasteiger partial charge in [0.05, 0.1) is 4.90 Å². The smallest absolute Gasteiger partial charge is 0.322 e. The second-order valence-corrected chi connectivity index (χ2v) is 7.50. The van der Waals surface area contributed by atoms with Gasteiger partial charge < -0.3 is 5.11 Å². The van der Waals surface area contributed by atoms with Gasteiger partial charge in [-0.3, -0.25) is 4.79 Å². The molecule has 0 bridgehead atoms. The highest BCUT2D eigenvalue weighted by molar-refractivity contribution is 9.10. The Balaban J connectivity index is 2.48. The quantitative estimate of drug-likeness (QED) is 0.896. The summed E-state index contributed by atoms with van der Waals surface area (Å²) in [6.45, 7) is 2.05. The van der Waals surface area contributed by atoms with Crippen LogP contribution in [0.15, 0.2) is 27.6 Å². The molecule has 1 aromatic rings. The van der Waals surface area contributed by atoms with E-state index in [0.29, 0.717) is 17.3 Å². The van der Waals surface area contributed by atoms with Gasteiger partial charge in [-0.05, 0) is 53.7 Å². The number of nitrogens with zero attached hydrogens (tertiary/aromatic N) is 1. The van der Waals surface area contributed by atoms with Crippen molar-refractivity contribution in [3.8, 4) is 0 Å². The molecule has 0 spiro atoms. The second-order valence-electron chi connectivity index (χ2n) is 4.85. The molecule has 1 unspecified atom stereocenters. The van der Waals surface area contributed by atoms with E-state index >= 15 is 0 Å². The largest absolute Gasteiger partial charge is 0.480 e. The zero-order chi connectivity index (χ0) is 14.9. The van der Waals surface area contributed by atoms with E-state index in [1.807, 2.05) is 0 Å². The van der Waals surface area contributed by atoms with Crippen LogP contribution in [0, 0.1) is 6.92 Å². The first-order valence-electron chi connectivity index (χ1n) is 6.35. The van der Waals surface area contributed by atoms with E-state index in [0.717, 1.165) is 16.3 Å². The lowest BCUT2D eigenvalue weighted by molar-refractivity contribution is -0.142. The van der Waals surface area contributed by atoms with E-state index in [-0.39, 0.29) is 11.4 Å². The van der Waals surface area contributed by atoms with Crippen molar-refractivity contribution in [3.63, 3.8) is 0 Å². The molecule has 20 heavy (non-hydrogen) atoms. The summed E-state index contributed by atoms with van der Waals surface area (Å²) in [6.07, 6.45) is 1.78. The summed E-state index contributed by atoms with van der Waals surface area (Å²) in [5.74, 6) is -1.09. The van der Waals surface area contributed by atoms with Crippen LogP contribution in [0.25, 0.3) is 0 Å². The van der Waals surface area contributed by atoms with Gasteiger partial charge >= 0.3 is 5.97 Å². The van der Waals surface area contributed by atoms with E-state index in [9.17, 15) is 18.3 Å². The predicted octanol–water partition coefficient (Wildman–Crippen LogP) is 2.39. The molecular formula is C13H16BrNO4S. The van der Waals surface area contributed by atoms with Gasteiger partial charge in [-0.15, -0.1) is 0 Å². The molecule has 1 aliphatic rings. The van der Waals surface area contributed by atoms with Crippen molar-refractivity contribution in [2.24, 2.45) is 0 Å². The Morgan fingerprint density at radius 2 is 2.10 bits per heavy atom. The van der Waals surface area contributed by atoms with E-state index in [4.69, 9.17) is 0 Å². The summed E-state index contributed by atoms with van der Waals surface area (Å²) in [5.41, 5.74) is 0.801. The molecule has 1 atom stereocenters. The van der Waals surface area contributed by atoms with Gasteiger partial charge in [-0.25, -0.2) is 8.42 Å². The SMILES string of the molecule is Cc1cccc(S(=O)(=O)N2CCCCC2C(=O)O)c1Br. The number of rotatable bonds is 3. The lowest BCUT2D eigenvalue weighted by atomic mass is 10.1. The fourth-order valence-corrected chi connectivity index (χ4v) is 5.05. The van der Waals surface area contributed by atoms with Gasteiger partial charge in [0.15, 0.2) is 0 Å². The highest BCUT2D eigenvalue weighted by Gasteiger charge is 2.38. The third kappa shape index (κ3) is 2.75. The Morgan fingerprint density at radius 1 is 1.40 bits per heavy atom. The minimum absolute atomic E-state index is 0.130. The number of carboxylic acids is 1. The van der Waals surface area contributed by atoms with Crippen LogP contribution >= 0.6 is 15.9 Å². The number of benzene rings is 1. The number of halogens is 1. The van der Waals surface area contributed by atoms with Gasteiger partial charge in [-0.1, -0.05) is 12.1 Å². The Kier molecular flexibility index (Phi) is 4.51. The van der Waals surface area contributed by atoms with Gasteiger partial charge in [0.25, 0.3) is 0 Å². The minimum Gasteiger partial charge on any atom is -0.480 e. The Bertz CT molecular complexity index is 629. The highest BCUT2D eigenvalue weighted by Crippen LogP contribution is 2.31. The molecule has 0 amide bonds. The van der Waals surface area contributed by atoms with Crippen LogP contribution in [-0.4, -0.2) is 36.4 Å². The van der Waals surface area contributed by atoms with Crippen LogP contribution in [-0.2, 0) is 14.8 Å². The number of piperidine rings is 1. The third-order valence-corrected chi connectivity index (χ3v) is 6.75. The summed E-state index contributed by atoms with van der Waals surface area (Å²) in [4.78, 5) is 11.4. The zero-order valence-corrected chi connectivity index (χ0v) is 13.4. The molecule has 1 heterocycles. The second kappa shape index (κ2) is 5.83. The highest BCUT2D eigenvalue weighted by atomic mass is 79.9. The summed E-state index contributed by atoms with van der Waals surface area (Å²) < 4.78 is 27.0. The molecule has 110 valence electrons. The predicted molar refractivity (Wildman–Crippen MR) is 78.0 cm³/mol. The van der Waals surface area contributed by atoms with Gasteiger partial charge in [0, 0.05) is 11.0 Å². The number of aryl methyl sites for hydroxylation is 1. The van der Waals surface area contributed by atoms with Crippen LogP contribution in [0.4, 0.5) is 0 Å². The van der Waals surface area contributed by atoms with Crippen LogP contribution in [0.2, 0.25) is 0 Å². The van der Waals surface area contributed by atoms with Crippen LogP contribution in [0.1, 0.15) is 24.8 Å². The first-order chi connectivity index (χ1) is 9.35. The average molecular weight is 362 g/mol. The number of aliphatic carboxylic acids is 1. The van der Waals surface area contributed by atoms with Crippen molar-refractivity contribution >= 4 is 31.9 Å². The fourth-order valence-electron chi connectivity index (χ4n) is 2.39. The molecule has 0 radical (unpaired) electrons. The van der Waals surface area contributed by atoms with Gasteiger partial charge in [0.2, 0.25) is 10.0 Å². The monoisotopic (exact) mass is 361 g/mol. The van der Waals surface area contributed by atoms with Crippen LogP contribution in [0.3, 0.4) is 0 Å². The lowest BCUT2D eigenvalue weighted by Gasteiger charge is -2.32. The summed E-state index contributed by atoms with van der Waals surface area (Å²) in [6, 6.07) is 3.99. The number of hydrogen-bond acceptors (Lipinski definition) is 3. The fraction of sp³-hybridized carbons (Fsp3) is 0.462. The van der Waals surface area contributed by atoms with E-state index in [2.05, 4.69) is 15.9 Å². The molecule has 0 aromatic heterocycles. The van der Waals surface area contributed by atoms with Gasteiger partial charge in [-0.2, -0.15) is 4.31 Å². The molecular weight excluding hydrogens is 346 g/mol. The van der Waals surface area contributed by atoms with Crippen molar-refractivity contribution in [2.75, 3.05) is 6.54 Å². The molecule has 2 rings (SSSR count). The zero-order valence-electron chi connectivity index (χ0n) is 11.0. The molecule has 7 heteroatoms. The Morgan fingerprint density at radius 3 is 2.75 bits per heavy atom. The summed E-state index contributed by atoms with van der Waals surface area (Å²) in [7, 11) is -3.80. The van der Waals surface area contributed by atoms with Crippen molar-refractivity contribution in [2.45, 2.75) is 37.1 Å². The number of carboxylic acid groups (broad SMARTS) is 1. The third-order valence-electron chi connectivity index (χ3n) is 3.48.